The van der Waals surface area contributed by atoms with Gasteiger partial charge in [0.05, 0.1) is 17.6 Å². The molecule has 0 aliphatic rings. The largest absolute Gasteiger partial charge is 0.480 e. The maximum absolute atomic E-state index is 12.0. The molecular weight excluding hydrogens is 360 g/mol. The molecule has 2 heterocycles. The topological polar surface area (TPSA) is 98.4 Å². The summed E-state index contributed by atoms with van der Waals surface area (Å²) in [6.45, 7) is 2.27. The average Bonchev–Trinajstić information content (AvgIpc) is 2.98. The summed E-state index contributed by atoms with van der Waals surface area (Å²) >= 11 is 0. The minimum atomic E-state index is -0.951. The molecule has 0 saturated carbocycles. The maximum atomic E-state index is 12.0. The number of imidazole rings is 1. The highest BCUT2D eigenvalue weighted by Crippen LogP contribution is 2.24. The number of carboxylic acid groups (broad SMARTS) is 1. The molecule has 0 aliphatic carbocycles. The Balaban J connectivity index is 1.92. The molecule has 0 spiro atoms. The van der Waals surface area contributed by atoms with Gasteiger partial charge in [-0.2, -0.15) is 0 Å². The van der Waals surface area contributed by atoms with E-state index < -0.39 is 12.0 Å². The number of nitrogens with one attached hydrogen (secondary N) is 1. The van der Waals surface area contributed by atoms with Crippen molar-refractivity contribution in [2.24, 2.45) is 14.1 Å². The predicted octanol–water partition coefficient (Wildman–Crippen LogP) is 1.44. The normalized spacial score (nSPS) is 12.4. The molecule has 0 aliphatic heterocycles. The van der Waals surface area contributed by atoms with Gasteiger partial charge in [-0.15, -0.1) is 0 Å². The molecule has 3 aromatic rings. The Hall–Kier alpha value is -2.97. The molecule has 2 N–H and O–H groups in total. The van der Waals surface area contributed by atoms with Crippen molar-refractivity contribution in [3.05, 3.63) is 51.9 Å². The first kappa shape index (κ1) is 19.8. The summed E-state index contributed by atoms with van der Waals surface area (Å²) in [5.74, 6) is -0.185. The van der Waals surface area contributed by atoms with Gasteiger partial charge in [-0.3, -0.25) is 14.9 Å². The predicted molar refractivity (Wildman–Crippen MR) is 106 cm³/mol. The number of benzene rings is 1. The minimum absolute atomic E-state index is 0.0279. The fourth-order valence-corrected chi connectivity index (χ4v) is 3.24. The van der Waals surface area contributed by atoms with Crippen molar-refractivity contribution in [2.75, 3.05) is 13.7 Å². The van der Waals surface area contributed by atoms with E-state index >= 15 is 0 Å². The van der Waals surface area contributed by atoms with Gasteiger partial charge in [-0.05, 0) is 30.7 Å². The van der Waals surface area contributed by atoms with Crippen LogP contribution in [0.4, 0.5) is 0 Å². The minimum Gasteiger partial charge on any atom is -0.480 e. The number of hydrogen-bond donors (Lipinski definition) is 2. The lowest BCUT2D eigenvalue weighted by atomic mass is 10.2. The van der Waals surface area contributed by atoms with Crippen LogP contribution in [0.2, 0.25) is 0 Å². The Morgan fingerprint density at radius 1 is 1.32 bits per heavy atom. The van der Waals surface area contributed by atoms with Gasteiger partial charge in [0.1, 0.15) is 11.9 Å². The summed E-state index contributed by atoms with van der Waals surface area (Å²) < 4.78 is 8.48. The second-order valence-electron chi connectivity index (χ2n) is 6.87. The van der Waals surface area contributed by atoms with E-state index in [1.165, 1.54) is 7.11 Å². The standard InChI is InChI=1S/C20H24N4O4/c1-12-7-14(10-23(2)19(12)25)18-22-15-8-13(5-6-17(15)24(18)3)9-21-16(11-28-4)20(26)27/h5-8,10,16,21H,9,11H2,1-4H3,(H,26,27). The van der Waals surface area contributed by atoms with Gasteiger partial charge in [-0.1, -0.05) is 6.07 Å². The third-order valence-corrected chi connectivity index (χ3v) is 4.75. The lowest BCUT2D eigenvalue weighted by molar-refractivity contribution is -0.140. The summed E-state index contributed by atoms with van der Waals surface area (Å²) in [6.07, 6.45) is 1.78. The molecule has 28 heavy (non-hydrogen) atoms. The van der Waals surface area contributed by atoms with Crippen molar-refractivity contribution >= 4 is 17.0 Å². The first-order valence-electron chi connectivity index (χ1n) is 8.90. The number of pyridine rings is 1. The molecule has 8 nitrogen and oxygen atoms in total. The zero-order valence-electron chi connectivity index (χ0n) is 16.4. The van der Waals surface area contributed by atoms with Crippen molar-refractivity contribution in [3.63, 3.8) is 0 Å². The molecule has 8 heteroatoms. The van der Waals surface area contributed by atoms with Crippen molar-refractivity contribution < 1.29 is 14.6 Å². The van der Waals surface area contributed by atoms with Gasteiger partial charge in [0.15, 0.2) is 0 Å². The highest BCUT2D eigenvalue weighted by molar-refractivity contribution is 5.81. The number of methoxy groups -OCH3 is 1. The lowest BCUT2D eigenvalue weighted by Gasteiger charge is -2.13. The van der Waals surface area contributed by atoms with E-state index in [2.05, 4.69) is 5.32 Å². The number of nitrogens with zero attached hydrogens (tertiary/aromatic N) is 3. The number of carboxylic acids is 1. The van der Waals surface area contributed by atoms with Crippen LogP contribution >= 0.6 is 0 Å². The third-order valence-electron chi connectivity index (χ3n) is 4.75. The number of fused-ring (bicyclic) bond motifs is 1. The molecule has 0 fully saturated rings. The number of ether oxygens (including phenoxy) is 1. The molecule has 1 atom stereocenters. The monoisotopic (exact) mass is 384 g/mol. The Morgan fingerprint density at radius 3 is 2.71 bits per heavy atom. The van der Waals surface area contributed by atoms with Crippen molar-refractivity contribution in [1.29, 1.82) is 0 Å². The third kappa shape index (κ3) is 3.83. The number of rotatable bonds is 7. The molecule has 0 bridgehead atoms. The quantitative estimate of drug-likeness (QED) is 0.640. The molecule has 1 aromatic carbocycles. The number of aromatic nitrogens is 3. The molecule has 3 rings (SSSR count). The van der Waals surface area contributed by atoms with Gasteiger partial charge in [-0.25, -0.2) is 4.98 Å². The molecule has 0 saturated heterocycles. The van der Waals surface area contributed by atoms with Crippen LogP contribution in [0.3, 0.4) is 0 Å². The first-order chi connectivity index (χ1) is 13.3. The lowest BCUT2D eigenvalue weighted by Crippen LogP contribution is -2.39. The Kier molecular flexibility index (Phi) is 5.62. The summed E-state index contributed by atoms with van der Waals surface area (Å²) in [4.78, 5) is 27.9. The summed E-state index contributed by atoms with van der Waals surface area (Å²) in [5, 5.41) is 12.2. The van der Waals surface area contributed by atoms with Crippen molar-refractivity contribution in [1.82, 2.24) is 19.4 Å². The zero-order chi connectivity index (χ0) is 20.4. The van der Waals surface area contributed by atoms with Crippen LogP contribution in [-0.2, 0) is 30.2 Å². The van der Waals surface area contributed by atoms with Crippen LogP contribution in [0.5, 0.6) is 0 Å². The molecule has 1 unspecified atom stereocenters. The number of carbonyl (C=O) groups is 1. The summed E-state index contributed by atoms with van der Waals surface area (Å²) in [6, 6.07) is 6.91. The number of aryl methyl sites for hydroxylation is 3. The second kappa shape index (κ2) is 7.95. The molecule has 0 amide bonds. The average molecular weight is 384 g/mol. The summed E-state index contributed by atoms with van der Waals surface area (Å²) in [5.41, 5.74) is 4.19. The Bertz CT molecular complexity index is 1060. The smallest absolute Gasteiger partial charge is 0.323 e. The van der Waals surface area contributed by atoms with Crippen molar-refractivity contribution in [3.8, 4) is 11.4 Å². The highest BCUT2D eigenvalue weighted by Gasteiger charge is 2.17. The van der Waals surface area contributed by atoms with Gasteiger partial charge >= 0.3 is 5.97 Å². The molecule has 2 aromatic heterocycles. The van der Waals surface area contributed by atoms with Crippen molar-refractivity contribution in [2.45, 2.75) is 19.5 Å². The Labute approximate surface area is 162 Å². The molecular formula is C20H24N4O4. The van der Waals surface area contributed by atoms with E-state index in [0.717, 1.165) is 28.0 Å². The number of aliphatic carboxylic acids is 1. The van der Waals surface area contributed by atoms with Crippen LogP contribution in [0.25, 0.3) is 22.4 Å². The fraction of sp³-hybridized carbons (Fsp3) is 0.350. The molecule has 0 radical (unpaired) electrons. The zero-order valence-corrected chi connectivity index (χ0v) is 16.4. The van der Waals surface area contributed by atoms with E-state index in [4.69, 9.17) is 9.72 Å². The maximum Gasteiger partial charge on any atom is 0.323 e. The van der Waals surface area contributed by atoms with Crippen LogP contribution in [0.1, 0.15) is 11.1 Å². The van der Waals surface area contributed by atoms with Crippen LogP contribution in [-0.4, -0.2) is 45.0 Å². The van der Waals surface area contributed by atoms with E-state index in [1.54, 1.807) is 24.7 Å². The second-order valence-corrected chi connectivity index (χ2v) is 6.87. The number of hydrogen-bond acceptors (Lipinski definition) is 5. The fourth-order valence-electron chi connectivity index (χ4n) is 3.24. The molecule has 148 valence electrons. The first-order valence-corrected chi connectivity index (χ1v) is 8.90. The van der Waals surface area contributed by atoms with Gasteiger partial charge in [0, 0.05) is 45.1 Å². The van der Waals surface area contributed by atoms with Crippen LogP contribution in [0.15, 0.2) is 35.3 Å². The van der Waals surface area contributed by atoms with Gasteiger partial charge < -0.3 is 19.0 Å². The van der Waals surface area contributed by atoms with E-state index in [9.17, 15) is 14.7 Å². The van der Waals surface area contributed by atoms with Crippen LogP contribution < -0.4 is 10.9 Å². The Morgan fingerprint density at radius 2 is 2.07 bits per heavy atom. The van der Waals surface area contributed by atoms with E-state index in [0.29, 0.717) is 12.1 Å². The SMILES string of the molecule is COCC(NCc1ccc2c(c1)nc(-c1cc(C)c(=O)n(C)c1)n2C)C(=O)O. The van der Waals surface area contributed by atoms with E-state index in [-0.39, 0.29) is 12.2 Å². The van der Waals surface area contributed by atoms with E-state index in [1.807, 2.05) is 35.9 Å². The van der Waals surface area contributed by atoms with Gasteiger partial charge in [0.25, 0.3) is 5.56 Å². The van der Waals surface area contributed by atoms with Crippen LogP contribution in [0, 0.1) is 6.92 Å². The summed E-state index contributed by atoms with van der Waals surface area (Å²) in [7, 11) is 5.13. The van der Waals surface area contributed by atoms with Gasteiger partial charge in [0.2, 0.25) is 0 Å². The highest BCUT2D eigenvalue weighted by atomic mass is 16.5.